The van der Waals surface area contributed by atoms with E-state index in [-0.39, 0.29) is 6.10 Å². The van der Waals surface area contributed by atoms with Crippen LogP contribution >= 0.6 is 0 Å². The van der Waals surface area contributed by atoms with E-state index < -0.39 is 0 Å². The molecule has 1 N–H and O–H groups in total. The average molecular weight is 332 g/mol. The Kier molecular flexibility index (Phi) is 7.00. The number of rotatable bonds is 7. The van der Waals surface area contributed by atoms with E-state index in [1.54, 1.807) is 19.2 Å². The van der Waals surface area contributed by atoms with Crippen molar-refractivity contribution >= 4 is 0 Å². The zero-order valence-corrected chi connectivity index (χ0v) is 14.9. The van der Waals surface area contributed by atoms with Crippen molar-refractivity contribution in [2.24, 2.45) is 0 Å². The number of methoxy groups -OCH3 is 1. The van der Waals surface area contributed by atoms with Gasteiger partial charge >= 0.3 is 0 Å². The van der Waals surface area contributed by atoms with E-state index in [9.17, 15) is 5.11 Å². The molecular formula is C18H28N4O2. The van der Waals surface area contributed by atoms with Gasteiger partial charge in [-0.3, -0.25) is 9.80 Å². The second-order valence-corrected chi connectivity index (χ2v) is 6.59. The molecule has 0 amide bonds. The van der Waals surface area contributed by atoms with Gasteiger partial charge in [0.05, 0.1) is 24.8 Å². The van der Waals surface area contributed by atoms with Crippen LogP contribution in [0, 0.1) is 11.3 Å². The molecule has 2 rings (SSSR count). The highest BCUT2D eigenvalue weighted by Gasteiger charge is 2.18. The fraction of sp³-hybridized carbons (Fsp3) is 0.611. The van der Waals surface area contributed by atoms with Gasteiger partial charge in [-0.15, -0.1) is 0 Å². The molecule has 0 aliphatic carbocycles. The van der Waals surface area contributed by atoms with Crippen LogP contribution in [0.4, 0.5) is 0 Å². The highest BCUT2D eigenvalue weighted by molar-refractivity contribution is 5.42. The summed E-state index contributed by atoms with van der Waals surface area (Å²) in [4.78, 5) is 6.72. The number of nitrogens with zero attached hydrogens (tertiary/aromatic N) is 4. The molecule has 1 aliphatic rings. The fourth-order valence-corrected chi connectivity index (χ4v) is 3.05. The van der Waals surface area contributed by atoms with Gasteiger partial charge in [0.25, 0.3) is 0 Å². The van der Waals surface area contributed by atoms with Gasteiger partial charge in [-0.25, -0.2) is 0 Å². The number of β-amino-alcohol motifs (C(OH)–C–C–N with tert-alkyl or cyclic N) is 1. The van der Waals surface area contributed by atoms with Crippen molar-refractivity contribution in [3.8, 4) is 11.8 Å². The Morgan fingerprint density at radius 3 is 2.67 bits per heavy atom. The molecule has 0 bridgehead atoms. The summed E-state index contributed by atoms with van der Waals surface area (Å²) in [6.07, 6.45) is -0.372. The highest BCUT2D eigenvalue weighted by atomic mass is 16.5. The monoisotopic (exact) mass is 332 g/mol. The maximum Gasteiger partial charge on any atom is 0.124 e. The zero-order valence-electron chi connectivity index (χ0n) is 14.9. The third-order valence-electron chi connectivity index (χ3n) is 4.44. The molecule has 0 radical (unpaired) electrons. The van der Waals surface area contributed by atoms with Crippen LogP contribution in [0.1, 0.15) is 11.1 Å². The van der Waals surface area contributed by atoms with E-state index in [1.807, 2.05) is 13.1 Å². The average Bonchev–Trinajstić information content (AvgIpc) is 2.57. The number of nitriles is 1. The van der Waals surface area contributed by atoms with Crippen LogP contribution in [0.5, 0.6) is 5.75 Å². The standard InChI is InChI=1S/C18H28N4O2/c1-20-6-8-22(9-7-20)14-17(23)13-21(2)12-16-5-4-15(11-19)10-18(16)24-3/h4-5,10,17,23H,6-9,12-14H2,1-3H3. The lowest BCUT2D eigenvalue weighted by Gasteiger charge is -2.34. The van der Waals surface area contributed by atoms with Crippen molar-refractivity contribution in [1.29, 1.82) is 5.26 Å². The van der Waals surface area contributed by atoms with Gasteiger partial charge in [0.15, 0.2) is 0 Å². The summed E-state index contributed by atoms with van der Waals surface area (Å²) in [6.45, 7) is 6.14. The van der Waals surface area contributed by atoms with Crippen molar-refractivity contribution in [2.45, 2.75) is 12.6 Å². The summed E-state index contributed by atoms with van der Waals surface area (Å²) in [6, 6.07) is 7.59. The molecule has 6 nitrogen and oxygen atoms in total. The molecule has 24 heavy (non-hydrogen) atoms. The summed E-state index contributed by atoms with van der Waals surface area (Å²) >= 11 is 0. The molecule has 1 fully saturated rings. The van der Waals surface area contributed by atoms with Crippen molar-refractivity contribution in [2.75, 3.05) is 60.5 Å². The first-order valence-electron chi connectivity index (χ1n) is 8.36. The number of aliphatic hydroxyl groups excluding tert-OH is 1. The fourth-order valence-electron chi connectivity index (χ4n) is 3.05. The molecule has 6 heteroatoms. The van der Waals surface area contributed by atoms with Gasteiger partial charge in [-0.05, 0) is 26.2 Å². The van der Waals surface area contributed by atoms with Gasteiger partial charge in [0, 0.05) is 51.4 Å². The molecule has 0 spiro atoms. The van der Waals surface area contributed by atoms with Gasteiger partial charge in [0.2, 0.25) is 0 Å². The SMILES string of the molecule is COc1cc(C#N)ccc1CN(C)CC(O)CN1CCN(C)CC1. The minimum absolute atomic E-state index is 0.372. The molecule has 1 aliphatic heterocycles. The first-order valence-corrected chi connectivity index (χ1v) is 8.36. The molecule has 132 valence electrons. The smallest absolute Gasteiger partial charge is 0.124 e. The van der Waals surface area contributed by atoms with Crippen LogP contribution in [-0.2, 0) is 6.54 Å². The maximum absolute atomic E-state index is 10.4. The molecule has 0 aromatic heterocycles. The van der Waals surface area contributed by atoms with Crippen LogP contribution in [0.15, 0.2) is 18.2 Å². The topological polar surface area (TPSA) is 63.0 Å². The van der Waals surface area contributed by atoms with Crippen molar-refractivity contribution in [3.05, 3.63) is 29.3 Å². The summed E-state index contributed by atoms with van der Waals surface area (Å²) in [7, 11) is 5.74. The van der Waals surface area contributed by atoms with Crippen molar-refractivity contribution in [3.63, 3.8) is 0 Å². The van der Waals surface area contributed by atoms with E-state index in [0.29, 0.717) is 25.2 Å². The molecule has 1 unspecified atom stereocenters. The minimum atomic E-state index is -0.372. The summed E-state index contributed by atoms with van der Waals surface area (Å²) in [5.74, 6) is 0.717. The lowest BCUT2D eigenvalue weighted by molar-refractivity contribution is 0.0592. The third-order valence-corrected chi connectivity index (χ3v) is 4.44. The van der Waals surface area contributed by atoms with Crippen LogP contribution in [0.25, 0.3) is 0 Å². The van der Waals surface area contributed by atoms with Gasteiger partial charge < -0.3 is 14.7 Å². The predicted molar refractivity (Wildman–Crippen MR) is 94.0 cm³/mol. The molecular weight excluding hydrogens is 304 g/mol. The Bertz CT molecular complexity index is 565. The predicted octanol–water partition coefficient (Wildman–Crippen LogP) is 0.607. The van der Waals surface area contributed by atoms with Crippen molar-refractivity contribution < 1.29 is 9.84 Å². The van der Waals surface area contributed by atoms with Gasteiger partial charge in [-0.2, -0.15) is 5.26 Å². The Morgan fingerprint density at radius 1 is 1.33 bits per heavy atom. The van der Waals surface area contributed by atoms with Crippen LogP contribution in [-0.4, -0.2) is 86.4 Å². The molecule has 1 aromatic carbocycles. The van der Waals surface area contributed by atoms with E-state index >= 15 is 0 Å². The second kappa shape index (κ2) is 9.00. The Labute approximate surface area is 144 Å². The van der Waals surface area contributed by atoms with E-state index in [2.05, 4.69) is 27.8 Å². The highest BCUT2D eigenvalue weighted by Crippen LogP contribution is 2.21. The lowest BCUT2D eigenvalue weighted by atomic mass is 10.1. The number of benzene rings is 1. The first-order chi connectivity index (χ1) is 11.5. The van der Waals surface area contributed by atoms with Crippen LogP contribution in [0.3, 0.4) is 0 Å². The largest absolute Gasteiger partial charge is 0.496 e. The maximum atomic E-state index is 10.4. The zero-order chi connectivity index (χ0) is 17.5. The van der Waals surface area contributed by atoms with Gasteiger partial charge in [-0.1, -0.05) is 6.07 Å². The minimum Gasteiger partial charge on any atom is -0.496 e. The Hall–Kier alpha value is -1.65. The number of aliphatic hydroxyl groups is 1. The Morgan fingerprint density at radius 2 is 2.04 bits per heavy atom. The van der Waals surface area contributed by atoms with Crippen LogP contribution < -0.4 is 4.74 Å². The third kappa shape index (κ3) is 5.46. The molecule has 1 saturated heterocycles. The lowest BCUT2D eigenvalue weighted by Crippen LogP contribution is -2.48. The number of ether oxygens (including phenoxy) is 1. The van der Waals surface area contributed by atoms with E-state index in [0.717, 1.165) is 37.5 Å². The second-order valence-electron chi connectivity index (χ2n) is 6.59. The summed E-state index contributed by atoms with van der Waals surface area (Å²) in [5, 5.41) is 19.3. The molecule has 1 heterocycles. The number of hydrogen-bond donors (Lipinski definition) is 1. The van der Waals surface area contributed by atoms with Crippen LogP contribution in [0.2, 0.25) is 0 Å². The normalized spacial score (nSPS) is 17.7. The number of piperazine rings is 1. The first kappa shape index (κ1) is 18.7. The molecule has 0 saturated carbocycles. The van der Waals surface area contributed by atoms with Crippen molar-refractivity contribution in [1.82, 2.24) is 14.7 Å². The summed E-state index contributed by atoms with van der Waals surface area (Å²) < 4.78 is 5.37. The van der Waals surface area contributed by atoms with E-state index in [4.69, 9.17) is 10.00 Å². The molecule has 1 aromatic rings. The van der Waals surface area contributed by atoms with Gasteiger partial charge in [0.1, 0.15) is 5.75 Å². The quantitative estimate of drug-likeness (QED) is 0.789. The number of hydrogen-bond acceptors (Lipinski definition) is 6. The Balaban J connectivity index is 1.84. The molecule has 1 atom stereocenters. The number of likely N-dealkylation sites (N-methyl/N-ethyl adjacent to an activating group) is 2. The summed E-state index contributed by atoms with van der Waals surface area (Å²) in [5.41, 5.74) is 1.61. The van der Waals surface area contributed by atoms with E-state index in [1.165, 1.54) is 0 Å².